The Morgan fingerprint density at radius 1 is 1.25 bits per heavy atom. The Hall–Kier alpha value is -2.18. The van der Waals surface area contributed by atoms with Gasteiger partial charge in [0.1, 0.15) is 4.88 Å². The van der Waals surface area contributed by atoms with Gasteiger partial charge in [-0.15, -0.1) is 11.3 Å². The zero-order valence-electron chi connectivity index (χ0n) is 24.9. The summed E-state index contributed by atoms with van der Waals surface area (Å²) < 4.78 is 16.5. The number of amides is 1. The zero-order valence-corrected chi connectivity index (χ0v) is 25.7. The molecule has 2 aliphatic carbocycles. The van der Waals surface area contributed by atoms with Crippen LogP contribution in [0.15, 0.2) is 17.7 Å². The van der Waals surface area contributed by atoms with Crippen LogP contribution in [0.5, 0.6) is 0 Å². The molecule has 7 nitrogen and oxygen atoms in total. The molecule has 0 spiro atoms. The van der Waals surface area contributed by atoms with Crippen molar-refractivity contribution in [2.24, 2.45) is 17.3 Å². The van der Waals surface area contributed by atoms with E-state index in [2.05, 4.69) is 31.8 Å². The van der Waals surface area contributed by atoms with Gasteiger partial charge in [-0.3, -0.25) is 4.79 Å². The molecule has 2 heterocycles. The third-order valence-corrected chi connectivity index (χ3v) is 9.26. The summed E-state index contributed by atoms with van der Waals surface area (Å²) in [4.78, 5) is 30.3. The van der Waals surface area contributed by atoms with Crippen molar-refractivity contribution in [3.63, 3.8) is 0 Å². The fourth-order valence-electron chi connectivity index (χ4n) is 5.88. The van der Waals surface area contributed by atoms with Gasteiger partial charge in [-0.25, -0.2) is 4.79 Å². The van der Waals surface area contributed by atoms with Gasteiger partial charge >= 0.3 is 5.97 Å². The molecule has 40 heavy (non-hydrogen) atoms. The third kappa shape index (κ3) is 7.55. The van der Waals surface area contributed by atoms with Crippen molar-refractivity contribution in [2.45, 2.75) is 97.3 Å². The SMILES string of the molecule is COC(=O)c1sc(C#CC(C)(C)C)cc1N(C(=O)[C@H]1CC=C(C)C[C@@H]1C)C1CCC(O)(CO[C@H]2CCOC2)CC1. The summed E-state index contributed by atoms with van der Waals surface area (Å²) in [5.74, 6) is 6.05. The second kappa shape index (κ2) is 12.8. The van der Waals surface area contributed by atoms with E-state index in [0.29, 0.717) is 55.9 Å². The molecule has 0 unspecified atom stereocenters. The molecule has 4 rings (SSSR count). The lowest BCUT2D eigenvalue weighted by atomic mass is 9.78. The summed E-state index contributed by atoms with van der Waals surface area (Å²) in [5.41, 5.74) is 0.750. The summed E-state index contributed by atoms with van der Waals surface area (Å²) in [6, 6.07) is 1.73. The van der Waals surface area contributed by atoms with Crippen molar-refractivity contribution < 1.29 is 28.9 Å². The van der Waals surface area contributed by atoms with Crippen LogP contribution in [0, 0.1) is 29.1 Å². The first-order valence-corrected chi connectivity index (χ1v) is 15.4. The van der Waals surface area contributed by atoms with Crippen LogP contribution in [-0.4, -0.2) is 61.7 Å². The number of carbonyl (C=O) groups excluding carboxylic acids is 2. The molecule has 1 aromatic rings. The van der Waals surface area contributed by atoms with Gasteiger partial charge in [-0.1, -0.05) is 30.4 Å². The van der Waals surface area contributed by atoms with Crippen LogP contribution in [0.25, 0.3) is 0 Å². The maximum absolute atomic E-state index is 14.4. The normalized spacial score (nSPS) is 28.8. The van der Waals surface area contributed by atoms with Crippen molar-refractivity contribution in [3.05, 3.63) is 27.5 Å². The van der Waals surface area contributed by atoms with Crippen molar-refractivity contribution in [3.8, 4) is 11.8 Å². The molecule has 1 saturated carbocycles. The van der Waals surface area contributed by atoms with Gasteiger partial charge in [-0.05, 0) is 84.6 Å². The van der Waals surface area contributed by atoms with E-state index in [-0.39, 0.29) is 41.9 Å². The van der Waals surface area contributed by atoms with Crippen LogP contribution in [-0.2, 0) is 19.0 Å². The highest BCUT2D eigenvalue weighted by Crippen LogP contribution is 2.41. The van der Waals surface area contributed by atoms with Gasteiger partial charge in [0.25, 0.3) is 0 Å². The van der Waals surface area contributed by atoms with Crippen molar-refractivity contribution >= 4 is 28.9 Å². The molecule has 1 amide bonds. The van der Waals surface area contributed by atoms with Crippen LogP contribution in [0.1, 0.15) is 94.1 Å². The third-order valence-electron chi connectivity index (χ3n) is 8.24. The molecule has 1 aromatic heterocycles. The summed E-state index contributed by atoms with van der Waals surface area (Å²) >= 11 is 1.28. The van der Waals surface area contributed by atoms with Gasteiger partial charge in [0.15, 0.2) is 0 Å². The van der Waals surface area contributed by atoms with E-state index in [0.717, 1.165) is 17.7 Å². The molecule has 2 fully saturated rings. The topological polar surface area (TPSA) is 85.3 Å². The van der Waals surface area contributed by atoms with E-state index in [1.54, 1.807) is 0 Å². The Morgan fingerprint density at radius 2 is 1.98 bits per heavy atom. The Labute approximate surface area is 243 Å². The van der Waals surface area contributed by atoms with E-state index in [4.69, 9.17) is 14.2 Å². The Kier molecular flexibility index (Phi) is 9.82. The van der Waals surface area contributed by atoms with E-state index in [1.807, 2.05) is 31.7 Å². The number of aliphatic hydroxyl groups is 1. The number of hydrogen-bond donors (Lipinski definition) is 1. The van der Waals surface area contributed by atoms with Crippen LogP contribution in [0.3, 0.4) is 0 Å². The quantitative estimate of drug-likeness (QED) is 0.255. The molecule has 0 radical (unpaired) electrons. The smallest absolute Gasteiger partial charge is 0.350 e. The van der Waals surface area contributed by atoms with Crippen LogP contribution in [0.2, 0.25) is 0 Å². The van der Waals surface area contributed by atoms with E-state index >= 15 is 0 Å². The highest BCUT2D eigenvalue weighted by Gasteiger charge is 2.42. The number of hydrogen-bond acceptors (Lipinski definition) is 7. The highest BCUT2D eigenvalue weighted by molar-refractivity contribution is 7.15. The summed E-state index contributed by atoms with van der Waals surface area (Å²) in [7, 11) is 1.37. The maximum Gasteiger partial charge on any atom is 0.350 e. The van der Waals surface area contributed by atoms with Gasteiger partial charge in [0.05, 0.1) is 42.6 Å². The number of allylic oxidation sites excluding steroid dienone is 2. The minimum Gasteiger partial charge on any atom is -0.465 e. The van der Waals surface area contributed by atoms with Gasteiger partial charge in [0, 0.05) is 24.0 Å². The molecule has 0 aromatic carbocycles. The first-order valence-electron chi connectivity index (χ1n) is 14.5. The number of anilines is 1. The average molecular weight is 572 g/mol. The van der Waals surface area contributed by atoms with Gasteiger partial charge < -0.3 is 24.2 Å². The summed E-state index contributed by atoms with van der Waals surface area (Å²) in [5, 5.41) is 11.3. The Balaban J connectivity index is 1.64. The number of methoxy groups -OCH3 is 1. The van der Waals surface area contributed by atoms with Gasteiger partial charge in [-0.2, -0.15) is 0 Å². The minimum absolute atomic E-state index is 0.0318. The van der Waals surface area contributed by atoms with Gasteiger partial charge in [0.2, 0.25) is 5.91 Å². The number of rotatable bonds is 7. The standard InChI is InChI=1S/C32H45NO6S/c1-21-7-8-26(22(2)17-21)29(34)33(23-9-14-32(36,15-10-23)20-39-24-12-16-38-19-24)27-18-25(11-13-31(3,4)5)40-28(27)30(35)37-6/h7,18,22-24,26,36H,8-10,12,14-17,19-20H2,1-6H3/t22-,23?,24-,26-,32?/m0/s1. The van der Waals surface area contributed by atoms with Crippen LogP contribution in [0.4, 0.5) is 5.69 Å². The second-order valence-electron chi connectivity index (χ2n) is 12.9. The number of ether oxygens (including phenoxy) is 3. The lowest BCUT2D eigenvalue weighted by Crippen LogP contribution is -2.51. The molecule has 1 saturated heterocycles. The molecule has 0 bridgehead atoms. The molecule has 3 aliphatic rings. The number of nitrogens with zero attached hydrogens (tertiary/aromatic N) is 1. The monoisotopic (exact) mass is 571 g/mol. The first kappa shape index (κ1) is 30.8. The average Bonchev–Trinajstić information content (AvgIpc) is 3.57. The fourth-order valence-corrected chi connectivity index (χ4v) is 6.80. The lowest BCUT2D eigenvalue weighted by Gasteiger charge is -2.42. The predicted molar refractivity (Wildman–Crippen MR) is 158 cm³/mol. The van der Waals surface area contributed by atoms with Crippen molar-refractivity contribution in [1.82, 2.24) is 0 Å². The lowest BCUT2D eigenvalue weighted by molar-refractivity contribution is -0.125. The second-order valence-corrected chi connectivity index (χ2v) is 13.9. The van der Waals surface area contributed by atoms with Crippen LogP contribution >= 0.6 is 11.3 Å². The fraction of sp³-hybridized carbons (Fsp3) is 0.688. The van der Waals surface area contributed by atoms with Crippen LogP contribution < -0.4 is 4.90 Å². The first-order chi connectivity index (χ1) is 18.9. The van der Waals surface area contributed by atoms with Crippen molar-refractivity contribution in [2.75, 3.05) is 31.8 Å². The minimum atomic E-state index is -0.936. The Morgan fingerprint density at radius 3 is 2.58 bits per heavy atom. The van der Waals surface area contributed by atoms with Crippen molar-refractivity contribution in [1.29, 1.82) is 0 Å². The van der Waals surface area contributed by atoms with E-state index in [9.17, 15) is 14.7 Å². The molecule has 1 aliphatic heterocycles. The Bertz CT molecular complexity index is 1150. The molecule has 1 N–H and O–H groups in total. The molecule has 3 atom stereocenters. The van der Waals surface area contributed by atoms with E-state index < -0.39 is 11.6 Å². The summed E-state index contributed by atoms with van der Waals surface area (Å²) in [6.07, 6.45) is 6.88. The number of carbonyl (C=O) groups is 2. The summed E-state index contributed by atoms with van der Waals surface area (Å²) in [6.45, 7) is 11.9. The predicted octanol–water partition coefficient (Wildman–Crippen LogP) is 5.74. The highest BCUT2D eigenvalue weighted by atomic mass is 32.1. The largest absolute Gasteiger partial charge is 0.465 e. The molecular formula is C32H45NO6S. The molecule has 220 valence electrons. The molecular weight excluding hydrogens is 526 g/mol. The number of esters is 1. The maximum atomic E-state index is 14.4. The zero-order chi connectivity index (χ0) is 29.1. The van der Waals surface area contributed by atoms with E-state index in [1.165, 1.54) is 24.0 Å². The number of thiophene rings is 1. The molecule has 8 heteroatoms.